The van der Waals surface area contributed by atoms with Gasteiger partial charge in [0, 0.05) is 30.8 Å². The molecule has 1 saturated heterocycles. The molecule has 136 valence electrons. The molecule has 3 rings (SSSR count). The zero-order valence-corrected chi connectivity index (χ0v) is 13.9. The highest BCUT2D eigenvalue weighted by Gasteiger charge is 2.27. The summed E-state index contributed by atoms with van der Waals surface area (Å²) >= 11 is 0. The van der Waals surface area contributed by atoms with Gasteiger partial charge in [0.1, 0.15) is 5.82 Å². The highest BCUT2D eigenvalue weighted by molar-refractivity contribution is 5.94. The summed E-state index contributed by atoms with van der Waals surface area (Å²) in [6.45, 7) is 1.67. The maximum atomic E-state index is 13.9. The molecule has 0 aromatic heterocycles. The van der Waals surface area contributed by atoms with Crippen LogP contribution in [0.1, 0.15) is 35.2 Å². The zero-order valence-electron chi connectivity index (χ0n) is 13.9. The van der Waals surface area contributed by atoms with E-state index in [1.807, 2.05) is 0 Å². The van der Waals surface area contributed by atoms with Crippen LogP contribution < -0.4 is 0 Å². The number of carboxylic acids is 1. The van der Waals surface area contributed by atoms with E-state index in [4.69, 9.17) is 14.6 Å². The number of morpholine rings is 1. The molecule has 25 heavy (non-hydrogen) atoms. The molecule has 1 aliphatic heterocycles. The van der Waals surface area contributed by atoms with Crippen LogP contribution in [0.5, 0.6) is 0 Å². The van der Waals surface area contributed by atoms with Gasteiger partial charge in [0.15, 0.2) is 0 Å². The van der Waals surface area contributed by atoms with E-state index in [9.17, 15) is 14.0 Å². The van der Waals surface area contributed by atoms with Gasteiger partial charge in [-0.15, -0.1) is 0 Å². The number of carboxylic acid groups (broad SMARTS) is 1. The van der Waals surface area contributed by atoms with Crippen molar-refractivity contribution in [3.63, 3.8) is 0 Å². The van der Waals surface area contributed by atoms with Crippen LogP contribution in [0.4, 0.5) is 4.39 Å². The van der Waals surface area contributed by atoms with E-state index in [0.29, 0.717) is 36.8 Å². The van der Waals surface area contributed by atoms with Crippen molar-refractivity contribution in [2.45, 2.75) is 32.0 Å². The Balaban J connectivity index is 1.63. The number of hydrogen-bond acceptors (Lipinski definition) is 4. The molecule has 0 bridgehead atoms. The second-order valence-corrected chi connectivity index (χ2v) is 6.61. The molecule has 0 radical (unpaired) electrons. The molecule has 1 saturated carbocycles. The first-order chi connectivity index (χ1) is 12.0. The Bertz CT molecular complexity index is 646. The third-order valence-corrected chi connectivity index (χ3v) is 4.43. The van der Waals surface area contributed by atoms with Crippen molar-refractivity contribution in [3.8, 4) is 0 Å². The first kappa shape index (κ1) is 17.8. The largest absolute Gasteiger partial charge is 0.481 e. The molecule has 0 spiro atoms. The summed E-state index contributed by atoms with van der Waals surface area (Å²) in [5.74, 6) is -1.01. The van der Waals surface area contributed by atoms with Gasteiger partial charge in [-0.2, -0.15) is 0 Å². The molecule has 1 atom stereocenters. The lowest BCUT2D eigenvalue weighted by atomic mass is 10.1. The predicted molar refractivity (Wildman–Crippen MR) is 86.7 cm³/mol. The minimum Gasteiger partial charge on any atom is -0.481 e. The number of carbonyl (C=O) groups excluding carboxylic acids is 1. The minimum absolute atomic E-state index is 0.145. The van der Waals surface area contributed by atoms with Crippen molar-refractivity contribution in [1.82, 2.24) is 4.90 Å². The number of nitrogens with zero attached hydrogens (tertiary/aromatic N) is 1. The van der Waals surface area contributed by atoms with Crippen molar-refractivity contribution < 1.29 is 28.6 Å². The molecule has 2 fully saturated rings. The number of ether oxygens (including phenoxy) is 2. The molecule has 1 aliphatic carbocycles. The number of rotatable bonds is 7. The molecule has 6 nitrogen and oxygen atoms in total. The average Bonchev–Trinajstić information content (AvgIpc) is 3.40. The van der Waals surface area contributed by atoms with E-state index in [-0.39, 0.29) is 25.5 Å². The first-order valence-corrected chi connectivity index (χ1v) is 8.52. The van der Waals surface area contributed by atoms with Gasteiger partial charge in [0.25, 0.3) is 5.91 Å². The third kappa shape index (κ3) is 4.99. The molecule has 1 N–H and O–H groups in total. The van der Waals surface area contributed by atoms with Crippen molar-refractivity contribution in [3.05, 3.63) is 35.1 Å². The second kappa shape index (κ2) is 7.93. The fourth-order valence-electron chi connectivity index (χ4n) is 2.84. The molecule has 2 aliphatic rings. The van der Waals surface area contributed by atoms with Crippen molar-refractivity contribution >= 4 is 11.9 Å². The van der Waals surface area contributed by atoms with Gasteiger partial charge in [-0.3, -0.25) is 9.59 Å². The first-order valence-electron chi connectivity index (χ1n) is 8.52. The quantitative estimate of drug-likeness (QED) is 0.814. The third-order valence-electron chi connectivity index (χ3n) is 4.43. The normalized spacial score (nSPS) is 20.5. The van der Waals surface area contributed by atoms with Crippen molar-refractivity contribution in [2.75, 3.05) is 26.3 Å². The SMILES string of the molecule is O=C(O)C[C@H]1CN(C(=O)c2ccc(F)c(COCC3CC3)c2)CCO1. The van der Waals surface area contributed by atoms with Gasteiger partial charge >= 0.3 is 5.97 Å². The smallest absolute Gasteiger partial charge is 0.306 e. The molecule has 1 aromatic rings. The van der Waals surface area contributed by atoms with Gasteiger partial charge in [-0.25, -0.2) is 4.39 Å². The van der Waals surface area contributed by atoms with E-state index in [2.05, 4.69) is 0 Å². The Hall–Kier alpha value is -1.99. The van der Waals surface area contributed by atoms with Crippen molar-refractivity contribution in [2.24, 2.45) is 5.92 Å². The maximum Gasteiger partial charge on any atom is 0.306 e. The number of carbonyl (C=O) groups is 2. The molecule has 0 unspecified atom stereocenters. The predicted octanol–water partition coefficient (Wildman–Crippen LogP) is 2.07. The molecule has 7 heteroatoms. The van der Waals surface area contributed by atoms with Crippen LogP contribution >= 0.6 is 0 Å². The number of hydrogen-bond donors (Lipinski definition) is 1. The van der Waals surface area contributed by atoms with Crippen LogP contribution in [0.15, 0.2) is 18.2 Å². The number of halogens is 1. The van der Waals surface area contributed by atoms with Gasteiger partial charge in [0.2, 0.25) is 0 Å². The van der Waals surface area contributed by atoms with E-state index >= 15 is 0 Å². The Morgan fingerprint density at radius 2 is 2.16 bits per heavy atom. The van der Waals surface area contributed by atoms with Gasteiger partial charge < -0.3 is 19.5 Å². The standard InChI is InChI=1S/C18H22FNO5/c19-16-4-3-13(7-14(16)11-24-10-12-1-2-12)18(23)20-5-6-25-15(9-20)8-17(21)22/h3-4,7,12,15H,1-2,5-6,8-11H2,(H,21,22)/t15-/m0/s1. The molecular formula is C18H22FNO5. The van der Waals surface area contributed by atoms with Crippen LogP contribution in [0, 0.1) is 11.7 Å². The average molecular weight is 351 g/mol. The summed E-state index contributed by atoms with van der Waals surface area (Å²) < 4.78 is 24.8. The van der Waals surface area contributed by atoms with E-state index in [0.717, 1.165) is 12.8 Å². The van der Waals surface area contributed by atoms with Gasteiger partial charge in [-0.05, 0) is 37.0 Å². The molecular weight excluding hydrogens is 329 g/mol. The lowest BCUT2D eigenvalue weighted by Crippen LogP contribution is -2.46. The Morgan fingerprint density at radius 3 is 2.88 bits per heavy atom. The van der Waals surface area contributed by atoms with Crippen LogP contribution in [0.3, 0.4) is 0 Å². The maximum absolute atomic E-state index is 13.9. The Morgan fingerprint density at radius 1 is 1.36 bits per heavy atom. The minimum atomic E-state index is -0.962. The van der Waals surface area contributed by atoms with Crippen LogP contribution in [-0.2, 0) is 20.9 Å². The van der Waals surface area contributed by atoms with Gasteiger partial charge in [-0.1, -0.05) is 0 Å². The lowest BCUT2D eigenvalue weighted by molar-refractivity contribution is -0.141. The fourth-order valence-corrected chi connectivity index (χ4v) is 2.84. The van der Waals surface area contributed by atoms with Crippen LogP contribution in [0.2, 0.25) is 0 Å². The summed E-state index contributed by atoms with van der Waals surface area (Å²) in [6, 6.07) is 4.24. The number of benzene rings is 1. The molecule has 1 heterocycles. The Kier molecular flexibility index (Phi) is 5.65. The van der Waals surface area contributed by atoms with E-state index in [1.165, 1.54) is 18.2 Å². The summed E-state index contributed by atoms with van der Waals surface area (Å²) in [7, 11) is 0. The van der Waals surface area contributed by atoms with Crippen molar-refractivity contribution in [1.29, 1.82) is 0 Å². The van der Waals surface area contributed by atoms with E-state index in [1.54, 1.807) is 4.90 Å². The topological polar surface area (TPSA) is 76.1 Å². The fraction of sp³-hybridized carbons (Fsp3) is 0.556. The summed E-state index contributed by atoms with van der Waals surface area (Å²) in [5, 5.41) is 8.86. The molecule has 1 amide bonds. The summed E-state index contributed by atoms with van der Waals surface area (Å²) in [6.07, 6.45) is 1.66. The zero-order chi connectivity index (χ0) is 17.8. The monoisotopic (exact) mass is 351 g/mol. The number of amides is 1. The van der Waals surface area contributed by atoms with Crippen LogP contribution in [-0.4, -0.2) is 54.3 Å². The highest BCUT2D eigenvalue weighted by Crippen LogP contribution is 2.29. The Labute approximate surface area is 145 Å². The summed E-state index contributed by atoms with van der Waals surface area (Å²) in [5.41, 5.74) is 0.740. The summed E-state index contributed by atoms with van der Waals surface area (Å²) in [4.78, 5) is 25.0. The van der Waals surface area contributed by atoms with Crippen LogP contribution in [0.25, 0.3) is 0 Å². The lowest BCUT2D eigenvalue weighted by Gasteiger charge is -2.32. The second-order valence-electron chi connectivity index (χ2n) is 6.61. The highest BCUT2D eigenvalue weighted by atomic mass is 19.1. The van der Waals surface area contributed by atoms with Gasteiger partial charge in [0.05, 0.1) is 25.7 Å². The molecule has 1 aromatic carbocycles. The van der Waals surface area contributed by atoms with E-state index < -0.39 is 17.9 Å². The number of aliphatic carboxylic acids is 1.